The normalized spacial score (nSPS) is 12.1. The van der Waals surface area contributed by atoms with Gasteiger partial charge in [0.05, 0.1) is 0 Å². The number of hydrogen-bond acceptors (Lipinski definition) is 1. The predicted molar refractivity (Wildman–Crippen MR) is 164 cm³/mol. The Labute approximate surface area is 228 Å². The second-order valence-electron chi connectivity index (χ2n) is 7.67. The van der Waals surface area contributed by atoms with Crippen molar-refractivity contribution in [1.29, 1.82) is 0 Å². The fourth-order valence-electron chi connectivity index (χ4n) is 3.51. The molecular formula is C30H24I2S. The summed E-state index contributed by atoms with van der Waals surface area (Å²) >= 11 is 6.68. The molecule has 0 radical (unpaired) electrons. The summed E-state index contributed by atoms with van der Waals surface area (Å²) in [4.78, 5) is 0. The molecule has 0 bridgehead atoms. The van der Waals surface area contributed by atoms with Gasteiger partial charge in [-0.1, -0.05) is 97.1 Å². The van der Waals surface area contributed by atoms with E-state index in [1.165, 1.54) is 40.5 Å². The van der Waals surface area contributed by atoms with E-state index >= 15 is 0 Å². The molecule has 0 unspecified atom stereocenters. The largest absolute Gasteiger partial charge is 0.152 e. The third kappa shape index (κ3) is 7.59. The van der Waals surface area contributed by atoms with Gasteiger partial charge in [-0.05, 0) is 103 Å². The predicted octanol–water partition coefficient (Wildman–Crippen LogP) is 9.41. The van der Waals surface area contributed by atoms with Crippen LogP contribution in [0.1, 0.15) is 22.3 Å². The molecule has 0 aliphatic rings. The molecular weight excluding hydrogens is 646 g/mol. The van der Waals surface area contributed by atoms with Crippen molar-refractivity contribution in [2.24, 2.45) is 0 Å². The van der Waals surface area contributed by atoms with Gasteiger partial charge in [-0.15, -0.1) is 0 Å². The van der Waals surface area contributed by atoms with Crippen LogP contribution in [-0.4, -0.2) is 11.5 Å². The molecule has 0 nitrogen and oxygen atoms in total. The van der Waals surface area contributed by atoms with Gasteiger partial charge in [-0.25, -0.2) is 0 Å². The minimum Gasteiger partial charge on any atom is -0.152 e. The fraction of sp³-hybridized carbons (Fsp3) is 0.0667. The quantitative estimate of drug-likeness (QED) is 0.133. The van der Waals surface area contributed by atoms with Crippen LogP contribution in [0.25, 0.3) is 23.3 Å². The molecule has 0 atom stereocenters. The lowest BCUT2D eigenvalue weighted by molar-refractivity contribution is 1.55. The molecule has 0 spiro atoms. The Bertz CT molecular complexity index is 1110. The van der Waals surface area contributed by atoms with Crippen molar-refractivity contribution in [3.8, 4) is 0 Å². The van der Waals surface area contributed by atoms with Gasteiger partial charge in [0.25, 0.3) is 0 Å². The molecule has 0 aromatic heterocycles. The molecule has 33 heavy (non-hydrogen) atoms. The zero-order valence-electron chi connectivity index (χ0n) is 18.1. The van der Waals surface area contributed by atoms with Crippen molar-refractivity contribution < 1.29 is 0 Å². The lowest BCUT2D eigenvalue weighted by Crippen LogP contribution is -1.94. The minimum absolute atomic E-state index is 0.951. The number of thioether (sulfide) groups is 1. The SMILES string of the molecule is Ic1ccc(C=C(CSCC(=Cc2ccc(I)cc2)c2ccccc2)c2ccccc2)cc1. The maximum Gasteiger partial charge on any atom is 0.0194 e. The number of halogens is 2. The molecule has 0 heterocycles. The fourth-order valence-corrected chi connectivity index (χ4v) is 5.27. The van der Waals surface area contributed by atoms with Gasteiger partial charge in [0, 0.05) is 18.6 Å². The van der Waals surface area contributed by atoms with E-state index in [0.29, 0.717) is 0 Å². The van der Waals surface area contributed by atoms with Gasteiger partial charge in [0.2, 0.25) is 0 Å². The van der Waals surface area contributed by atoms with Gasteiger partial charge in [0.15, 0.2) is 0 Å². The Morgan fingerprint density at radius 3 is 1.24 bits per heavy atom. The van der Waals surface area contributed by atoms with Crippen LogP contribution in [0.4, 0.5) is 0 Å². The molecule has 4 rings (SSSR count). The Hall–Kier alpha value is -1.83. The summed E-state index contributed by atoms with van der Waals surface area (Å²) < 4.78 is 2.52. The van der Waals surface area contributed by atoms with Crippen LogP contribution in [0.5, 0.6) is 0 Å². The molecule has 4 aromatic carbocycles. The van der Waals surface area contributed by atoms with Crippen molar-refractivity contribution in [1.82, 2.24) is 0 Å². The second kappa shape index (κ2) is 12.6. The first-order chi connectivity index (χ1) is 16.2. The number of hydrogen-bond donors (Lipinski definition) is 0. The molecule has 0 saturated carbocycles. The van der Waals surface area contributed by atoms with Crippen LogP contribution in [0, 0.1) is 7.14 Å². The number of benzene rings is 4. The monoisotopic (exact) mass is 670 g/mol. The second-order valence-corrected chi connectivity index (χ2v) is 11.1. The third-order valence-corrected chi connectivity index (χ3v) is 7.69. The van der Waals surface area contributed by atoms with E-state index in [4.69, 9.17) is 0 Å². The van der Waals surface area contributed by atoms with Crippen LogP contribution >= 0.6 is 56.9 Å². The van der Waals surface area contributed by atoms with E-state index in [1.54, 1.807) is 0 Å². The highest BCUT2D eigenvalue weighted by Crippen LogP contribution is 2.28. The summed E-state index contributed by atoms with van der Waals surface area (Å²) in [6.45, 7) is 0. The van der Waals surface area contributed by atoms with Crippen LogP contribution in [0.15, 0.2) is 109 Å². The van der Waals surface area contributed by atoms with Crippen molar-refractivity contribution in [2.75, 3.05) is 11.5 Å². The first-order valence-corrected chi connectivity index (χ1v) is 14.1. The van der Waals surface area contributed by atoms with Gasteiger partial charge in [-0.3, -0.25) is 0 Å². The van der Waals surface area contributed by atoms with E-state index in [9.17, 15) is 0 Å². The van der Waals surface area contributed by atoms with Gasteiger partial charge >= 0.3 is 0 Å². The van der Waals surface area contributed by atoms with Gasteiger partial charge < -0.3 is 0 Å². The molecule has 4 aromatic rings. The Kier molecular flexibility index (Phi) is 9.26. The van der Waals surface area contributed by atoms with Crippen LogP contribution in [0.3, 0.4) is 0 Å². The maximum atomic E-state index is 2.36. The summed E-state index contributed by atoms with van der Waals surface area (Å²) in [5.41, 5.74) is 7.75. The smallest absolute Gasteiger partial charge is 0.0194 e. The van der Waals surface area contributed by atoms with Crippen molar-refractivity contribution in [2.45, 2.75) is 0 Å². The molecule has 0 amide bonds. The Balaban J connectivity index is 1.56. The standard InChI is InChI=1S/C30H24I2S/c31-29-15-11-23(12-16-29)19-27(25-7-3-1-4-8-25)21-33-22-28(26-9-5-2-6-10-26)20-24-13-17-30(32)18-14-24/h1-20H,21-22H2. The van der Waals surface area contributed by atoms with E-state index in [2.05, 4.69) is 167 Å². The summed E-state index contributed by atoms with van der Waals surface area (Å²) in [6, 6.07) is 38.9. The van der Waals surface area contributed by atoms with Crippen LogP contribution < -0.4 is 0 Å². The zero-order valence-corrected chi connectivity index (χ0v) is 23.3. The lowest BCUT2D eigenvalue weighted by atomic mass is 10.0. The highest BCUT2D eigenvalue weighted by molar-refractivity contribution is 14.1. The third-order valence-electron chi connectivity index (χ3n) is 5.23. The van der Waals surface area contributed by atoms with Gasteiger partial charge in [0.1, 0.15) is 0 Å². The molecule has 3 heteroatoms. The summed E-state index contributed by atoms with van der Waals surface area (Å²) in [7, 11) is 0. The summed E-state index contributed by atoms with van der Waals surface area (Å²) in [6.07, 6.45) is 4.65. The van der Waals surface area contributed by atoms with E-state index in [0.717, 1.165) is 11.5 Å². The topological polar surface area (TPSA) is 0 Å². The van der Waals surface area contributed by atoms with Crippen LogP contribution in [-0.2, 0) is 0 Å². The van der Waals surface area contributed by atoms with Crippen molar-refractivity contribution in [3.05, 3.63) is 139 Å². The molecule has 0 aliphatic carbocycles. The Morgan fingerprint density at radius 1 is 0.515 bits per heavy atom. The molecule has 0 N–H and O–H groups in total. The van der Waals surface area contributed by atoms with Crippen molar-refractivity contribution >= 4 is 80.2 Å². The number of rotatable bonds is 8. The molecule has 0 saturated heterocycles. The minimum atomic E-state index is 0.951. The van der Waals surface area contributed by atoms with E-state index in [1.807, 2.05) is 11.8 Å². The average Bonchev–Trinajstić information content (AvgIpc) is 2.86. The van der Waals surface area contributed by atoms with E-state index in [-0.39, 0.29) is 0 Å². The Morgan fingerprint density at radius 2 is 0.879 bits per heavy atom. The summed E-state index contributed by atoms with van der Waals surface area (Å²) in [5.74, 6) is 1.90. The molecule has 0 aliphatic heterocycles. The maximum absolute atomic E-state index is 2.36. The lowest BCUT2D eigenvalue weighted by Gasteiger charge is -2.12. The molecule has 164 valence electrons. The highest BCUT2D eigenvalue weighted by atomic mass is 127. The first kappa shape index (κ1) is 24.3. The van der Waals surface area contributed by atoms with Crippen molar-refractivity contribution in [3.63, 3.8) is 0 Å². The average molecular weight is 670 g/mol. The van der Waals surface area contributed by atoms with E-state index < -0.39 is 0 Å². The highest BCUT2D eigenvalue weighted by Gasteiger charge is 2.07. The zero-order chi connectivity index (χ0) is 22.9. The first-order valence-electron chi connectivity index (χ1n) is 10.8. The van der Waals surface area contributed by atoms with Crippen LogP contribution in [0.2, 0.25) is 0 Å². The molecule has 0 fully saturated rings. The summed E-state index contributed by atoms with van der Waals surface area (Å²) in [5, 5.41) is 0. The van der Waals surface area contributed by atoms with Gasteiger partial charge in [-0.2, -0.15) is 11.8 Å².